The highest BCUT2D eigenvalue weighted by Crippen LogP contribution is 2.14. The first-order valence-electron chi connectivity index (χ1n) is 2.80. The fourth-order valence-electron chi connectivity index (χ4n) is 0.311. The second-order valence-corrected chi connectivity index (χ2v) is 3.14. The highest BCUT2D eigenvalue weighted by Gasteiger charge is 2.34. The molecule has 0 aliphatic carbocycles. The van der Waals surface area contributed by atoms with E-state index in [1.807, 2.05) is 27.2 Å². The van der Waals surface area contributed by atoms with E-state index >= 15 is 0 Å². The molecule has 0 amide bonds. The van der Waals surface area contributed by atoms with Gasteiger partial charge >= 0.3 is 11.7 Å². The van der Waals surface area contributed by atoms with Crippen molar-refractivity contribution in [3.05, 3.63) is 6.42 Å². The van der Waals surface area contributed by atoms with Crippen molar-refractivity contribution < 1.29 is 4.21 Å². The molecule has 0 aliphatic heterocycles. The minimum Gasteiger partial charge on any atom is -0.0595 e. The van der Waals surface area contributed by atoms with Gasteiger partial charge in [0.1, 0.15) is 0 Å². The van der Waals surface area contributed by atoms with E-state index in [9.17, 15) is 4.21 Å². The van der Waals surface area contributed by atoms with E-state index in [2.05, 4.69) is 0 Å². The molecule has 0 aromatic rings. The van der Waals surface area contributed by atoms with Gasteiger partial charge in [-0.05, 0) is 0 Å². The fourth-order valence-corrected chi connectivity index (χ4v) is 0.525. The van der Waals surface area contributed by atoms with Crippen molar-refractivity contribution in [3.63, 3.8) is 0 Å². The van der Waals surface area contributed by atoms with E-state index in [0.717, 1.165) is 6.42 Å². The van der Waals surface area contributed by atoms with Crippen LogP contribution >= 0.6 is 0 Å². The molecule has 8 heavy (non-hydrogen) atoms. The Bertz CT molecular complexity index is 76.6. The minimum absolute atomic E-state index is 0.139. The zero-order valence-electron chi connectivity index (χ0n) is 5.60. The number of rotatable bonds is 3. The molecule has 0 aliphatic rings. The first-order chi connectivity index (χ1) is 3.68. The van der Waals surface area contributed by atoms with Crippen molar-refractivity contribution in [3.8, 4) is 0 Å². The van der Waals surface area contributed by atoms with E-state index in [0.29, 0.717) is 11.7 Å². The average Bonchev–Trinajstić information content (AvgIpc) is 1.87. The first kappa shape index (κ1) is 8.02. The van der Waals surface area contributed by atoms with Gasteiger partial charge in [0.05, 0.1) is 0 Å². The fraction of sp³-hybridized carbons (Fsp3) is 0.833. The van der Waals surface area contributed by atoms with Gasteiger partial charge in [0.15, 0.2) is 0 Å². The van der Waals surface area contributed by atoms with Gasteiger partial charge in [-0.1, -0.05) is 13.8 Å². The molecule has 0 saturated carbocycles. The standard InChI is InChI=1S/C6H12OS/c1-4-6(3,5-2)8-7/h4H,5H2,1-3H3/q+1. The molecule has 0 saturated heterocycles. The third-order valence-electron chi connectivity index (χ3n) is 1.50. The Balaban J connectivity index is 3.76. The van der Waals surface area contributed by atoms with Gasteiger partial charge < -0.3 is 0 Å². The van der Waals surface area contributed by atoms with Gasteiger partial charge in [-0.15, -0.1) is 0 Å². The molecule has 1 nitrogen and oxygen atoms in total. The lowest BCUT2D eigenvalue weighted by molar-refractivity contribution is 0.578. The summed E-state index contributed by atoms with van der Waals surface area (Å²) < 4.78 is 10.2. The molecule has 1 radical (unpaired) electrons. The van der Waals surface area contributed by atoms with Crippen LogP contribution in [0.25, 0.3) is 0 Å². The molecule has 0 spiro atoms. The van der Waals surface area contributed by atoms with E-state index < -0.39 is 0 Å². The van der Waals surface area contributed by atoms with Crippen molar-refractivity contribution in [2.75, 3.05) is 0 Å². The summed E-state index contributed by atoms with van der Waals surface area (Å²) in [6.45, 7) is 5.89. The number of hydrogen-bond acceptors (Lipinski definition) is 1. The molecular weight excluding hydrogens is 120 g/mol. The van der Waals surface area contributed by atoms with Crippen molar-refractivity contribution in [2.24, 2.45) is 0 Å². The Morgan fingerprint density at radius 2 is 2.25 bits per heavy atom. The summed E-state index contributed by atoms with van der Waals surface area (Å²) in [6.07, 6.45) is 2.86. The molecule has 0 bridgehead atoms. The van der Waals surface area contributed by atoms with Gasteiger partial charge in [0.25, 0.3) is 0 Å². The molecule has 0 aromatic carbocycles. The van der Waals surface area contributed by atoms with Crippen LogP contribution in [0.15, 0.2) is 0 Å². The van der Waals surface area contributed by atoms with Gasteiger partial charge in [0, 0.05) is 24.0 Å². The molecule has 0 fully saturated rings. The zero-order valence-corrected chi connectivity index (χ0v) is 6.42. The summed E-state index contributed by atoms with van der Waals surface area (Å²) in [4.78, 5) is 0. The quantitative estimate of drug-likeness (QED) is 0.535. The van der Waals surface area contributed by atoms with E-state index in [1.165, 1.54) is 0 Å². The Morgan fingerprint density at radius 3 is 2.25 bits per heavy atom. The van der Waals surface area contributed by atoms with E-state index in [-0.39, 0.29) is 4.75 Å². The monoisotopic (exact) mass is 132 g/mol. The van der Waals surface area contributed by atoms with Crippen molar-refractivity contribution >= 4 is 11.7 Å². The maximum atomic E-state index is 10.3. The molecule has 1 atom stereocenters. The Labute approximate surface area is 55.0 Å². The molecule has 2 heteroatoms. The Morgan fingerprint density at radius 1 is 1.75 bits per heavy atom. The molecule has 0 aromatic heterocycles. The molecule has 47 valence electrons. The molecule has 1 unspecified atom stereocenters. The normalized spacial score (nSPS) is 11.4. The van der Waals surface area contributed by atoms with Gasteiger partial charge in [0.2, 0.25) is 4.75 Å². The van der Waals surface area contributed by atoms with Crippen LogP contribution in [0.4, 0.5) is 0 Å². The average molecular weight is 132 g/mol. The van der Waals surface area contributed by atoms with Crippen LogP contribution in [0.2, 0.25) is 0 Å². The van der Waals surface area contributed by atoms with Crippen LogP contribution < -0.4 is 0 Å². The van der Waals surface area contributed by atoms with Crippen molar-refractivity contribution in [2.45, 2.75) is 31.9 Å². The third-order valence-corrected chi connectivity index (χ3v) is 2.41. The second-order valence-electron chi connectivity index (χ2n) is 2.04. The topological polar surface area (TPSA) is 17.1 Å². The van der Waals surface area contributed by atoms with Crippen LogP contribution in [0.5, 0.6) is 0 Å². The molecule has 0 N–H and O–H groups in total. The largest absolute Gasteiger partial charge is 0.465 e. The molecular formula is C6H12OS+. The maximum Gasteiger partial charge on any atom is 0.465 e. The zero-order chi connectivity index (χ0) is 6.62. The SMILES string of the molecule is C[CH]C(C)(CC)[S+]=O. The van der Waals surface area contributed by atoms with Crippen molar-refractivity contribution in [1.29, 1.82) is 0 Å². The Kier molecular flexibility index (Phi) is 3.13. The highest BCUT2D eigenvalue weighted by atomic mass is 32.1. The smallest absolute Gasteiger partial charge is 0.0595 e. The van der Waals surface area contributed by atoms with Gasteiger partial charge in [-0.3, -0.25) is 0 Å². The Hall–Kier alpha value is 0.0200. The highest BCUT2D eigenvalue weighted by molar-refractivity contribution is 7.67. The lowest BCUT2D eigenvalue weighted by Gasteiger charge is -2.01. The molecule has 0 rings (SSSR count). The van der Waals surface area contributed by atoms with Crippen LogP contribution in [0, 0.1) is 6.42 Å². The summed E-state index contributed by atoms with van der Waals surface area (Å²) in [5.74, 6) is 0. The van der Waals surface area contributed by atoms with Crippen LogP contribution in [-0.4, -0.2) is 4.75 Å². The summed E-state index contributed by atoms with van der Waals surface area (Å²) in [7, 11) is 0. The lowest BCUT2D eigenvalue weighted by Crippen LogP contribution is -2.20. The molecule has 0 heterocycles. The summed E-state index contributed by atoms with van der Waals surface area (Å²) >= 11 is 0.667. The predicted molar refractivity (Wildman–Crippen MR) is 36.7 cm³/mol. The number of hydrogen-bond donors (Lipinski definition) is 0. The maximum absolute atomic E-state index is 10.3. The van der Waals surface area contributed by atoms with Crippen LogP contribution in [0.1, 0.15) is 27.2 Å². The summed E-state index contributed by atoms with van der Waals surface area (Å²) in [5, 5.41) is 0. The van der Waals surface area contributed by atoms with Crippen LogP contribution in [-0.2, 0) is 15.9 Å². The lowest BCUT2D eigenvalue weighted by atomic mass is 10.1. The second kappa shape index (κ2) is 3.13. The van der Waals surface area contributed by atoms with E-state index in [4.69, 9.17) is 0 Å². The van der Waals surface area contributed by atoms with Crippen molar-refractivity contribution in [1.82, 2.24) is 0 Å². The predicted octanol–water partition coefficient (Wildman–Crippen LogP) is 1.81. The van der Waals surface area contributed by atoms with Gasteiger partial charge in [-0.25, -0.2) is 0 Å². The van der Waals surface area contributed by atoms with Crippen LogP contribution in [0.3, 0.4) is 0 Å². The minimum atomic E-state index is -0.139. The van der Waals surface area contributed by atoms with Gasteiger partial charge in [-0.2, -0.15) is 0 Å². The summed E-state index contributed by atoms with van der Waals surface area (Å²) in [5.41, 5.74) is 0. The summed E-state index contributed by atoms with van der Waals surface area (Å²) in [6, 6.07) is 0. The first-order valence-corrected chi connectivity index (χ1v) is 3.54. The third kappa shape index (κ3) is 1.86. The van der Waals surface area contributed by atoms with E-state index in [1.54, 1.807) is 0 Å².